The number of benzene rings is 2. The van der Waals surface area contributed by atoms with Crippen LogP contribution in [0.1, 0.15) is 76.3 Å². The van der Waals surface area contributed by atoms with Gasteiger partial charge in [0.15, 0.2) is 11.9 Å². The molecular formula is C46H67N15O6. The van der Waals surface area contributed by atoms with E-state index in [1.54, 1.807) is 19.3 Å². The smallest absolute Gasteiger partial charge is 0.243 e. The monoisotopic (exact) mass is 926 g/mol. The topological polar surface area (TPSA) is 361 Å². The van der Waals surface area contributed by atoms with E-state index < -0.39 is 77.6 Å². The second-order valence-electron chi connectivity index (χ2n) is 17.0. The third kappa shape index (κ3) is 14.7. The average Bonchev–Trinajstić information content (AvgIpc) is 3.91. The van der Waals surface area contributed by atoms with Gasteiger partial charge in [-0.15, -0.1) is 0 Å². The molecule has 21 heteroatoms. The van der Waals surface area contributed by atoms with E-state index in [4.69, 9.17) is 28.7 Å². The predicted molar refractivity (Wildman–Crippen MR) is 258 cm³/mol. The summed E-state index contributed by atoms with van der Waals surface area (Å²) in [6, 6.07) is 7.59. The minimum absolute atomic E-state index is 0.00346. The Morgan fingerprint density at radius 3 is 1.36 bits per heavy atom. The van der Waals surface area contributed by atoms with Gasteiger partial charge in [-0.1, -0.05) is 56.7 Å². The van der Waals surface area contributed by atoms with E-state index in [2.05, 4.69) is 51.9 Å². The number of nitrogens with one attached hydrogen (secondary N) is 8. The van der Waals surface area contributed by atoms with Crippen molar-refractivity contribution in [3.8, 4) is 0 Å². The fraction of sp³-hybridized carbons (Fsp3) is 0.478. The van der Waals surface area contributed by atoms with Crippen molar-refractivity contribution in [2.45, 2.75) is 114 Å². The van der Waals surface area contributed by atoms with Gasteiger partial charge in [0.2, 0.25) is 35.4 Å². The van der Waals surface area contributed by atoms with Crippen LogP contribution in [-0.2, 0) is 41.6 Å². The number of aromatic amines is 2. The van der Waals surface area contributed by atoms with Crippen molar-refractivity contribution in [3.63, 3.8) is 0 Å². The molecule has 0 unspecified atom stereocenters. The molecule has 1 saturated heterocycles. The molecule has 5 rings (SSSR count). The van der Waals surface area contributed by atoms with Gasteiger partial charge < -0.3 is 70.5 Å². The number of fused-ring (bicyclic) bond motifs is 2. The lowest BCUT2D eigenvalue weighted by Crippen LogP contribution is -2.62. The van der Waals surface area contributed by atoms with Crippen LogP contribution in [0.5, 0.6) is 0 Å². The van der Waals surface area contributed by atoms with Crippen LogP contribution < -0.4 is 60.6 Å². The van der Waals surface area contributed by atoms with Gasteiger partial charge in [0.25, 0.3) is 0 Å². The number of amides is 6. The Morgan fingerprint density at radius 1 is 0.537 bits per heavy atom. The van der Waals surface area contributed by atoms with Gasteiger partial charge in [-0.3, -0.25) is 38.8 Å². The zero-order valence-electron chi connectivity index (χ0n) is 38.2. The third-order valence-electron chi connectivity index (χ3n) is 12.0. The van der Waals surface area contributed by atoms with Gasteiger partial charge in [-0.05, 0) is 80.7 Å². The highest BCUT2D eigenvalue weighted by Gasteiger charge is 2.36. The van der Waals surface area contributed by atoms with Gasteiger partial charge >= 0.3 is 0 Å². The zero-order chi connectivity index (χ0) is 48.5. The summed E-state index contributed by atoms with van der Waals surface area (Å²) in [5.41, 5.74) is 31.2. The minimum atomic E-state index is -1.27. The molecule has 1 aliphatic heterocycles. The molecule has 3 heterocycles. The van der Waals surface area contributed by atoms with Crippen LogP contribution >= 0.6 is 0 Å². The molecule has 67 heavy (non-hydrogen) atoms. The summed E-state index contributed by atoms with van der Waals surface area (Å²) in [7, 11) is 0. The molecule has 362 valence electrons. The fourth-order valence-corrected chi connectivity index (χ4v) is 8.07. The maximum Gasteiger partial charge on any atom is 0.243 e. The molecule has 0 bridgehead atoms. The SMILES string of the molecule is CC[C@H](C)[C@@H]1NC(=O)[C@H](Cc2c[nH]c3ccccc23)NC(=O)[C@H](CCCN=C(N)N)NC(=O)[C@H](CCCN=C(N)N)NC(=O)[C@H](Cc2c[nH]c3ccccc23)NC(=O)[C@H](CCCCN)NC1=O. The Kier molecular flexibility index (Phi) is 18.9. The van der Waals surface area contributed by atoms with E-state index >= 15 is 0 Å². The number of rotatable bonds is 18. The second kappa shape index (κ2) is 24.9. The number of hydrogen-bond acceptors (Lipinski definition) is 9. The lowest BCUT2D eigenvalue weighted by Gasteiger charge is -2.30. The summed E-state index contributed by atoms with van der Waals surface area (Å²) < 4.78 is 0. The van der Waals surface area contributed by atoms with Gasteiger partial charge in [-0.2, -0.15) is 0 Å². The Balaban J connectivity index is 1.59. The number of aromatic nitrogens is 2. The van der Waals surface area contributed by atoms with Crippen molar-refractivity contribution in [1.82, 2.24) is 41.9 Å². The van der Waals surface area contributed by atoms with Crippen molar-refractivity contribution in [2.24, 2.45) is 44.6 Å². The maximum atomic E-state index is 14.6. The Hall–Kier alpha value is -7.16. The molecular weight excluding hydrogens is 859 g/mol. The van der Waals surface area contributed by atoms with E-state index in [1.165, 1.54) is 0 Å². The number of aliphatic imine (C=N–C) groups is 2. The quantitative estimate of drug-likeness (QED) is 0.0347. The number of H-pyrrole nitrogens is 2. The van der Waals surface area contributed by atoms with E-state index in [9.17, 15) is 28.8 Å². The zero-order valence-corrected chi connectivity index (χ0v) is 38.2. The summed E-state index contributed by atoms with van der Waals surface area (Å²) in [6.07, 6.45) is 5.62. The van der Waals surface area contributed by atoms with E-state index in [0.29, 0.717) is 36.9 Å². The summed E-state index contributed by atoms with van der Waals surface area (Å²) in [4.78, 5) is 102. The fourth-order valence-electron chi connectivity index (χ4n) is 8.07. The molecule has 7 atom stereocenters. The van der Waals surface area contributed by atoms with E-state index in [1.807, 2.05) is 55.5 Å². The number of nitrogens with two attached hydrogens (primary N) is 5. The highest BCUT2D eigenvalue weighted by molar-refractivity contribution is 5.99. The molecule has 0 saturated carbocycles. The number of carbonyl (C=O) groups excluding carboxylic acids is 6. The first-order valence-corrected chi connectivity index (χ1v) is 22.9. The highest BCUT2D eigenvalue weighted by Crippen LogP contribution is 2.22. The van der Waals surface area contributed by atoms with Gasteiger partial charge in [0.05, 0.1) is 0 Å². The average molecular weight is 926 g/mol. The van der Waals surface area contributed by atoms with Crippen molar-refractivity contribution in [2.75, 3.05) is 19.6 Å². The van der Waals surface area contributed by atoms with Crippen LogP contribution in [0.3, 0.4) is 0 Å². The maximum absolute atomic E-state index is 14.6. The standard InChI is InChI=1S/C46H67N15O6/c1-3-26(2)38-44(67)58-33(16-8-9-19-47)40(63)59-36(22-27-24-54-31-14-6-4-12-29(27)31)42(65)57-34(17-10-20-52-45(48)49)39(62)56-35(18-11-21-53-46(50)51)41(64)60-37(43(66)61-38)23-28-25-55-32-15-7-5-13-30(28)32/h4-7,12-15,24-26,33-38,54-55H,3,8-11,16-23,47H2,1-2H3,(H,56,62)(H,57,65)(H,58,67)(H,59,63)(H,60,64)(H,61,66)(H4,48,49,52)(H4,50,51,53)/t26-,33-,34-,35-,36-,37-,38-/m0/s1. The predicted octanol–water partition coefficient (Wildman–Crippen LogP) is -0.361. The van der Waals surface area contributed by atoms with Crippen molar-refractivity contribution >= 4 is 69.2 Å². The largest absolute Gasteiger partial charge is 0.370 e. The second-order valence-corrected chi connectivity index (χ2v) is 17.0. The number of carbonyl (C=O) groups is 6. The normalized spacial score (nSPS) is 21.7. The molecule has 18 N–H and O–H groups in total. The summed E-state index contributed by atoms with van der Waals surface area (Å²) in [5.74, 6) is -4.83. The van der Waals surface area contributed by atoms with Crippen LogP contribution in [0, 0.1) is 5.92 Å². The van der Waals surface area contributed by atoms with Crippen LogP contribution in [-0.4, -0.2) is 113 Å². The van der Waals surface area contributed by atoms with Gasteiger partial charge in [0.1, 0.15) is 36.3 Å². The number of para-hydroxylation sites is 2. The van der Waals surface area contributed by atoms with E-state index in [-0.39, 0.29) is 70.0 Å². The van der Waals surface area contributed by atoms with Gasteiger partial charge in [-0.25, -0.2) is 0 Å². The first-order chi connectivity index (χ1) is 32.2. The molecule has 4 aromatic rings. The molecule has 0 spiro atoms. The molecule has 0 aliphatic carbocycles. The summed E-state index contributed by atoms with van der Waals surface area (Å²) in [6.45, 7) is 4.24. The number of guanidine groups is 2. The molecule has 6 amide bonds. The lowest BCUT2D eigenvalue weighted by molar-refractivity contribution is -0.137. The highest BCUT2D eigenvalue weighted by atomic mass is 16.2. The Bertz CT molecular complexity index is 2390. The first kappa shape index (κ1) is 50.8. The Labute approximate surface area is 389 Å². The lowest BCUT2D eigenvalue weighted by atomic mass is 9.96. The third-order valence-corrected chi connectivity index (χ3v) is 12.0. The van der Waals surface area contributed by atoms with Gasteiger partial charge in [0, 0.05) is 60.1 Å². The first-order valence-electron chi connectivity index (χ1n) is 22.9. The molecule has 21 nitrogen and oxygen atoms in total. The van der Waals surface area contributed by atoms with Crippen LogP contribution in [0.4, 0.5) is 0 Å². The van der Waals surface area contributed by atoms with E-state index in [0.717, 1.165) is 21.8 Å². The van der Waals surface area contributed by atoms with Crippen molar-refractivity contribution in [1.29, 1.82) is 0 Å². The molecule has 2 aromatic carbocycles. The molecule has 1 aliphatic rings. The van der Waals surface area contributed by atoms with Crippen LogP contribution in [0.15, 0.2) is 70.9 Å². The molecule has 0 radical (unpaired) electrons. The molecule has 2 aromatic heterocycles. The van der Waals surface area contributed by atoms with Crippen LogP contribution in [0.2, 0.25) is 0 Å². The number of unbranched alkanes of at least 4 members (excludes halogenated alkanes) is 1. The van der Waals surface area contributed by atoms with Crippen LogP contribution in [0.25, 0.3) is 21.8 Å². The molecule has 1 fully saturated rings. The minimum Gasteiger partial charge on any atom is -0.370 e. The van der Waals surface area contributed by atoms with Crippen molar-refractivity contribution < 1.29 is 28.8 Å². The Morgan fingerprint density at radius 2 is 0.925 bits per heavy atom. The summed E-state index contributed by atoms with van der Waals surface area (Å²) in [5, 5.41) is 18.8. The number of nitrogens with zero attached hydrogens (tertiary/aromatic N) is 2. The number of hydrogen-bond donors (Lipinski definition) is 13. The van der Waals surface area contributed by atoms with Crippen molar-refractivity contribution in [3.05, 3.63) is 72.1 Å². The summed E-state index contributed by atoms with van der Waals surface area (Å²) >= 11 is 0.